The van der Waals surface area contributed by atoms with Crippen molar-refractivity contribution in [2.24, 2.45) is 0 Å². The number of amides is 1. The molecule has 0 bridgehead atoms. The van der Waals surface area contributed by atoms with Crippen LogP contribution >= 0.6 is 0 Å². The van der Waals surface area contributed by atoms with Crippen LogP contribution in [0.4, 0.5) is 0 Å². The van der Waals surface area contributed by atoms with Crippen molar-refractivity contribution in [3.8, 4) is 28.6 Å². The third-order valence-electron chi connectivity index (χ3n) is 5.47. The molecule has 2 heterocycles. The molecule has 0 saturated carbocycles. The van der Waals surface area contributed by atoms with Crippen molar-refractivity contribution in [3.63, 3.8) is 0 Å². The molecule has 0 atom stereocenters. The molecule has 194 valence electrons. The Labute approximate surface area is 219 Å². The van der Waals surface area contributed by atoms with E-state index < -0.39 is 15.9 Å². The summed E-state index contributed by atoms with van der Waals surface area (Å²) in [6.07, 6.45) is 0. The Kier molecular flexibility index (Phi) is 7.54. The van der Waals surface area contributed by atoms with Crippen molar-refractivity contribution in [2.45, 2.75) is 32.7 Å². The summed E-state index contributed by atoms with van der Waals surface area (Å²) in [5.74, 6) is 0.320. The second kappa shape index (κ2) is 10.8. The Hall–Kier alpha value is -4.24. The zero-order valence-corrected chi connectivity index (χ0v) is 21.8. The number of rotatable bonds is 8. The summed E-state index contributed by atoms with van der Waals surface area (Å²) in [4.78, 5) is 21.8. The van der Waals surface area contributed by atoms with Crippen LogP contribution in [0.5, 0.6) is 17.4 Å². The number of hydrogen-bond donors (Lipinski definition) is 1. The highest BCUT2D eigenvalue weighted by atomic mass is 32.2. The van der Waals surface area contributed by atoms with Gasteiger partial charge in [0.05, 0.1) is 12.3 Å². The molecule has 0 aliphatic carbocycles. The molecule has 9 heteroatoms. The summed E-state index contributed by atoms with van der Waals surface area (Å²) in [6.45, 7) is 7.97. The minimum absolute atomic E-state index is 0. The summed E-state index contributed by atoms with van der Waals surface area (Å²) in [6, 6.07) is 20.6. The smallest absolute Gasteiger partial charge is 0.281 e. The van der Waals surface area contributed by atoms with Crippen molar-refractivity contribution in [1.82, 2.24) is 14.7 Å². The molecule has 2 aromatic heterocycles. The number of aromatic nitrogens is 2. The molecule has 37 heavy (non-hydrogen) atoms. The van der Waals surface area contributed by atoms with Crippen molar-refractivity contribution in [3.05, 3.63) is 95.2 Å². The van der Waals surface area contributed by atoms with Gasteiger partial charge in [-0.3, -0.25) is 4.79 Å². The lowest BCUT2D eigenvalue weighted by Crippen LogP contribution is -2.31. The number of hydrogen-bond acceptors (Lipinski definition) is 7. The van der Waals surface area contributed by atoms with Crippen LogP contribution in [0, 0.1) is 20.8 Å². The molecule has 0 unspecified atom stereocenters. The molecule has 0 fully saturated rings. The van der Waals surface area contributed by atoms with Gasteiger partial charge in [0.1, 0.15) is 17.1 Å². The number of ether oxygens (including phenoxy) is 2. The van der Waals surface area contributed by atoms with Crippen molar-refractivity contribution in [2.75, 3.05) is 6.61 Å². The van der Waals surface area contributed by atoms with Gasteiger partial charge in [0.15, 0.2) is 5.03 Å². The van der Waals surface area contributed by atoms with Gasteiger partial charge in [0, 0.05) is 14.1 Å². The summed E-state index contributed by atoms with van der Waals surface area (Å²) in [5, 5.41) is -0.253. The first-order valence-corrected chi connectivity index (χ1v) is 13.1. The number of benzene rings is 2. The maximum atomic E-state index is 13.2. The topological polar surface area (TPSA) is 107 Å². The van der Waals surface area contributed by atoms with Gasteiger partial charge in [-0.25, -0.2) is 14.7 Å². The summed E-state index contributed by atoms with van der Waals surface area (Å²) in [5.41, 5.74) is 3.69. The monoisotopic (exact) mass is 521 g/mol. The highest BCUT2D eigenvalue weighted by molar-refractivity contribution is 7.90. The van der Waals surface area contributed by atoms with Crippen LogP contribution in [0.1, 0.15) is 37.0 Å². The third kappa shape index (κ3) is 6.13. The predicted molar refractivity (Wildman–Crippen MR) is 145 cm³/mol. The number of carbonyl (C=O) groups excluding carboxylic acids is 1. The number of nitrogens with one attached hydrogen (secondary N) is 1. The Morgan fingerprint density at radius 1 is 0.946 bits per heavy atom. The molecule has 4 aromatic rings. The maximum Gasteiger partial charge on any atom is 0.281 e. The van der Waals surface area contributed by atoms with E-state index >= 15 is 0 Å². The van der Waals surface area contributed by atoms with E-state index in [0.717, 1.165) is 22.4 Å². The first-order valence-electron chi connectivity index (χ1n) is 11.7. The predicted octanol–water partition coefficient (Wildman–Crippen LogP) is 5.87. The van der Waals surface area contributed by atoms with Crippen LogP contribution in [0.3, 0.4) is 0 Å². The highest BCUT2D eigenvalue weighted by Gasteiger charge is 2.24. The SMILES string of the molecule is CCOc1ccc(-c2ccc(C(=O)NS(=O)(=O)c3cccc(C)n3)c(Oc3ccc(C)cc3C)n2)cc1.[HH].[HH]. The Morgan fingerprint density at radius 2 is 1.70 bits per heavy atom. The number of carbonyl (C=O) groups is 1. The molecule has 0 spiro atoms. The van der Waals surface area contributed by atoms with Crippen LogP contribution in [0.2, 0.25) is 0 Å². The fourth-order valence-electron chi connectivity index (χ4n) is 3.66. The molecule has 8 nitrogen and oxygen atoms in total. The zero-order valence-electron chi connectivity index (χ0n) is 21.0. The summed E-state index contributed by atoms with van der Waals surface area (Å²) >= 11 is 0. The van der Waals surface area contributed by atoms with Crippen molar-refractivity contribution < 1.29 is 25.5 Å². The van der Waals surface area contributed by atoms with Gasteiger partial charge in [0.2, 0.25) is 5.88 Å². The first-order chi connectivity index (χ1) is 17.7. The van der Waals surface area contributed by atoms with E-state index in [0.29, 0.717) is 23.7 Å². The average Bonchev–Trinajstić information content (AvgIpc) is 2.86. The van der Waals surface area contributed by atoms with Crippen LogP contribution in [0.25, 0.3) is 11.3 Å². The van der Waals surface area contributed by atoms with Gasteiger partial charge in [0.25, 0.3) is 15.9 Å². The van der Waals surface area contributed by atoms with Gasteiger partial charge in [-0.1, -0.05) is 23.8 Å². The molecule has 1 N–H and O–H groups in total. The lowest BCUT2D eigenvalue weighted by atomic mass is 10.1. The summed E-state index contributed by atoms with van der Waals surface area (Å²) < 4.78 is 39.3. The Morgan fingerprint density at radius 3 is 2.38 bits per heavy atom. The van der Waals surface area contributed by atoms with E-state index in [9.17, 15) is 13.2 Å². The molecule has 0 aliphatic rings. The van der Waals surface area contributed by atoms with Gasteiger partial charge in [-0.2, -0.15) is 8.42 Å². The fraction of sp³-hybridized carbons (Fsp3) is 0.179. The van der Waals surface area contributed by atoms with Gasteiger partial charge >= 0.3 is 0 Å². The van der Waals surface area contributed by atoms with Crippen LogP contribution in [-0.4, -0.2) is 30.9 Å². The molecule has 2 aromatic carbocycles. The van der Waals surface area contributed by atoms with Crippen LogP contribution in [-0.2, 0) is 10.0 Å². The first kappa shape index (κ1) is 25.8. The van der Waals surface area contributed by atoms with E-state index in [1.165, 1.54) is 12.1 Å². The molecule has 1 amide bonds. The zero-order chi connectivity index (χ0) is 26.6. The quantitative estimate of drug-likeness (QED) is 0.309. The highest BCUT2D eigenvalue weighted by Crippen LogP contribution is 2.30. The lowest BCUT2D eigenvalue weighted by Gasteiger charge is -2.14. The van der Waals surface area contributed by atoms with Gasteiger partial charge < -0.3 is 9.47 Å². The van der Waals surface area contributed by atoms with E-state index in [-0.39, 0.29) is 19.3 Å². The Balaban J connectivity index is 0.00000267. The molecular formula is C28H31N3O5S. The number of nitrogens with zero attached hydrogens (tertiary/aromatic N) is 2. The largest absolute Gasteiger partial charge is 0.494 e. The van der Waals surface area contributed by atoms with E-state index in [4.69, 9.17) is 9.47 Å². The number of sulfonamides is 1. The van der Waals surface area contributed by atoms with Crippen molar-refractivity contribution in [1.29, 1.82) is 0 Å². The lowest BCUT2D eigenvalue weighted by molar-refractivity contribution is 0.0978. The number of pyridine rings is 2. The second-order valence-electron chi connectivity index (χ2n) is 8.43. The number of aryl methyl sites for hydroxylation is 3. The van der Waals surface area contributed by atoms with E-state index in [2.05, 4.69) is 14.7 Å². The van der Waals surface area contributed by atoms with Crippen LogP contribution < -0.4 is 14.2 Å². The molecule has 0 saturated heterocycles. The third-order valence-corrected chi connectivity index (χ3v) is 6.70. The minimum Gasteiger partial charge on any atom is -0.494 e. The van der Waals surface area contributed by atoms with Gasteiger partial charge in [-0.05, 0) is 87.9 Å². The molecule has 4 rings (SSSR count). The summed E-state index contributed by atoms with van der Waals surface area (Å²) in [7, 11) is -4.21. The maximum absolute atomic E-state index is 13.2. The molecule has 0 aliphatic heterocycles. The average molecular weight is 522 g/mol. The van der Waals surface area contributed by atoms with E-state index in [1.807, 2.05) is 57.2 Å². The molecular weight excluding hydrogens is 490 g/mol. The second-order valence-corrected chi connectivity index (χ2v) is 10.1. The van der Waals surface area contributed by atoms with Crippen molar-refractivity contribution >= 4 is 15.9 Å². The Bertz CT molecular complexity index is 1560. The fourth-order valence-corrected chi connectivity index (χ4v) is 4.64. The normalized spacial score (nSPS) is 11.1. The van der Waals surface area contributed by atoms with Crippen LogP contribution in [0.15, 0.2) is 77.8 Å². The van der Waals surface area contributed by atoms with E-state index in [1.54, 1.807) is 31.2 Å². The molecule has 0 radical (unpaired) electrons. The van der Waals surface area contributed by atoms with Gasteiger partial charge in [-0.15, -0.1) is 0 Å². The standard InChI is InChI=1S/C28H27N3O5S.2H2/c1-5-35-22-12-10-21(11-13-22)24-15-14-23(28(30-24)36-25-16-9-18(2)17-19(25)3)27(32)31-37(33,34)26-8-6-7-20(4)29-26;;/h6-17H,5H2,1-4H3,(H,31,32);2*1H. The minimum atomic E-state index is -4.21.